The highest BCUT2D eigenvalue weighted by Crippen LogP contribution is 2.25. The minimum Gasteiger partial charge on any atom is -0.478 e. The van der Waals surface area contributed by atoms with Crippen molar-refractivity contribution in [1.29, 1.82) is 0 Å². The van der Waals surface area contributed by atoms with Crippen LogP contribution in [0.25, 0.3) is 0 Å². The molecule has 0 heterocycles. The molecule has 2 rings (SSSR count). The maximum Gasteiger partial charge on any atom is 0.335 e. The Morgan fingerprint density at radius 3 is 2.76 bits per heavy atom. The van der Waals surface area contributed by atoms with Gasteiger partial charge in [0.05, 0.1) is 16.3 Å². The molecule has 2 unspecified atom stereocenters. The van der Waals surface area contributed by atoms with Gasteiger partial charge in [-0.15, -0.1) is 0 Å². The summed E-state index contributed by atoms with van der Waals surface area (Å²) in [6, 6.07) is 4.03. The minimum absolute atomic E-state index is 0.0842. The molecule has 2 atom stereocenters. The number of carboxylic acid groups (broad SMARTS) is 1. The van der Waals surface area contributed by atoms with Gasteiger partial charge in [0.15, 0.2) is 0 Å². The predicted molar refractivity (Wildman–Crippen MR) is 82.0 cm³/mol. The SMILES string of the molecule is CC1CCCC(NC(=O)Nc2cc(C(=O)O)ccc2Cl)C1. The van der Waals surface area contributed by atoms with Crippen LogP contribution in [-0.4, -0.2) is 23.1 Å². The van der Waals surface area contributed by atoms with Gasteiger partial charge in [-0.25, -0.2) is 9.59 Å². The van der Waals surface area contributed by atoms with E-state index in [-0.39, 0.29) is 17.6 Å². The number of urea groups is 1. The van der Waals surface area contributed by atoms with Gasteiger partial charge in [-0.3, -0.25) is 0 Å². The maximum atomic E-state index is 12.0. The minimum atomic E-state index is -1.06. The van der Waals surface area contributed by atoms with E-state index in [1.54, 1.807) is 0 Å². The number of carbonyl (C=O) groups is 2. The lowest BCUT2D eigenvalue weighted by Crippen LogP contribution is -2.40. The van der Waals surface area contributed by atoms with Crippen molar-refractivity contribution in [3.63, 3.8) is 0 Å². The fourth-order valence-corrected chi connectivity index (χ4v) is 2.83. The van der Waals surface area contributed by atoms with Crippen LogP contribution in [0, 0.1) is 5.92 Å². The summed E-state index contributed by atoms with van der Waals surface area (Å²) in [6.07, 6.45) is 4.25. The molecule has 2 amide bonds. The Hall–Kier alpha value is -1.75. The summed E-state index contributed by atoms with van der Waals surface area (Å²) in [4.78, 5) is 22.9. The van der Waals surface area contributed by atoms with Crippen LogP contribution in [-0.2, 0) is 0 Å². The molecule has 0 saturated heterocycles. The molecule has 0 aliphatic heterocycles. The van der Waals surface area contributed by atoms with E-state index in [9.17, 15) is 9.59 Å². The Labute approximate surface area is 128 Å². The van der Waals surface area contributed by atoms with Crippen molar-refractivity contribution in [3.8, 4) is 0 Å². The zero-order valence-electron chi connectivity index (χ0n) is 11.9. The molecule has 3 N–H and O–H groups in total. The first kappa shape index (κ1) is 15.6. The monoisotopic (exact) mass is 310 g/mol. The van der Waals surface area contributed by atoms with Gasteiger partial charge in [-0.2, -0.15) is 0 Å². The van der Waals surface area contributed by atoms with Gasteiger partial charge in [0.1, 0.15) is 0 Å². The highest BCUT2D eigenvalue weighted by atomic mass is 35.5. The predicted octanol–water partition coefficient (Wildman–Crippen LogP) is 3.74. The lowest BCUT2D eigenvalue weighted by atomic mass is 9.87. The van der Waals surface area contributed by atoms with Crippen LogP contribution in [0.4, 0.5) is 10.5 Å². The van der Waals surface area contributed by atoms with Gasteiger partial charge in [0, 0.05) is 6.04 Å². The lowest BCUT2D eigenvalue weighted by molar-refractivity contribution is 0.0697. The molecule has 0 radical (unpaired) electrons. The molecular weight excluding hydrogens is 292 g/mol. The molecule has 1 aliphatic carbocycles. The molecule has 1 aromatic rings. The number of aromatic carboxylic acids is 1. The van der Waals surface area contributed by atoms with Crippen molar-refractivity contribution in [3.05, 3.63) is 28.8 Å². The second-order valence-corrected chi connectivity index (χ2v) is 5.97. The number of carboxylic acids is 1. The van der Waals surface area contributed by atoms with Crippen molar-refractivity contribution >= 4 is 29.3 Å². The number of anilines is 1. The Morgan fingerprint density at radius 1 is 1.33 bits per heavy atom. The number of amides is 2. The first-order valence-electron chi connectivity index (χ1n) is 7.06. The molecule has 0 spiro atoms. The zero-order chi connectivity index (χ0) is 15.4. The standard InChI is InChI=1S/C15H19ClN2O3/c1-9-3-2-4-11(7-9)17-15(21)18-13-8-10(14(19)20)5-6-12(13)16/h5-6,8-9,11H,2-4,7H2,1H3,(H,19,20)(H2,17,18,21). The molecule has 0 bridgehead atoms. The van der Waals surface area contributed by atoms with Crippen LogP contribution < -0.4 is 10.6 Å². The number of rotatable bonds is 3. The maximum absolute atomic E-state index is 12.0. The van der Waals surface area contributed by atoms with Gasteiger partial charge in [-0.05, 0) is 37.0 Å². The first-order valence-corrected chi connectivity index (χ1v) is 7.44. The Bertz CT molecular complexity index is 548. The Kier molecular flexibility index (Phi) is 5.07. The number of halogens is 1. The number of carbonyl (C=O) groups excluding carboxylic acids is 1. The first-order chi connectivity index (χ1) is 9.95. The molecule has 21 heavy (non-hydrogen) atoms. The van der Waals surface area contributed by atoms with Crippen LogP contribution in [0.5, 0.6) is 0 Å². The average molecular weight is 311 g/mol. The summed E-state index contributed by atoms with van der Waals surface area (Å²) in [7, 11) is 0. The summed E-state index contributed by atoms with van der Waals surface area (Å²) >= 11 is 5.98. The Balaban J connectivity index is 1.99. The normalized spacial score (nSPS) is 21.6. The molecule has 1 aromatic carbocycles. The van der Waals surface area contributed by atoms with Gasteiger partial charge in [-0.1, -0.05) is 31.4 Å². The fourth-order valence-electron chi connectivity index (χ4n) is 2.66. The van der Waals surface area contributed by atoms with Crippen LogP contribution in [0.2, 0.25) is 5.02 Å². The van der Waals surface area contributed by atoms with Crippen molar-refractivity contribution in [1.82, 2.24) is 5.32 Å². The number of hydrogen-bond acceptors (Lipinski definition) is 2. The van der Waals surface area contributed by atoms with Gasteiger partial charge < -0.3 is 15.7 Å². The summed E-state index contributed by atoms with van der Waals surface area (Å²) in [5, 5.41) is 14.8. The second-order valence-electron chi connectivity index (χ2n) is 5.57. The van der Waals surface area contributed by atoms with E-state index in [1.807, 2.05) is 0 Å². The average Bonchev–Trinajstić information content (AvgIpc) is 2.41. The summed E-state index contributed by atoms with van der Waals surface area (Å²) in [6.45, 7) is 2.18. The third-order valence-electron chi connectivity index (χ3n) is 3.73. The molecule has 114 valence electrons. The summed E-state index contributed by atoms with van der Waals surface area (Å²) in [5.74, 6) is -0.445. The van der Waals surface area contributed by atoms with Crippen molar-refractivity contribution < 1.29 is 14.7 Å². The summed E-state index contributed by atoms with van der Waals surface area (Å²) in [5.41, 5.74) is 0.388. The molecule has 6 heteroatoms. The third-order valence-corrected chi connectivity index (χ3v) is 4.06. The molecule has 1 fully saturated rings. The van der Waals surface area contributed by atoms with Gasteiger partial charge in [0.2, 0.25) is 0 Å². The third kappa shape index (κ3) is 4.36. The van der Waals surface area contributed by atoms with E-state index in [0.717, 1.165) is 19.3 Å². The van der Waals surface area contributed by atoms with E-state index in [2.05, 4.69) is 17.6 Å². The quantitative estimate of drug-likeness (QED) is 0.795. The zero-order valence-corrected chi connectivity index (χ0v) is 12.6. The number of benzene rings is 1. The van der Waals surface area contributed by atoms with E-state index in [4.69, 9.17) is 16.7 Å². The fraction of sp³-hybridized carbons (Fsp3) is 0.467. The molecule has 1 saturated carbocycles. The Morgan fingerprint density at radius 2 is 2.10 bits per heavy atom. The topological polar surface area (TPSA) is 78.4 Å². The van der Waals surface area contributed by atoms with Crippen molar-refractivity contribution in [2.75, 3.05) is 5.32 Å². The smallest absolute Gasteiger partial charge is 0.335 e. The largest absolute Gasteiger partial charge is 0.478 e. The number of nitrogens with one attached hydrogen (secondary N) is 2. The van der Waals surface area contributed by atoms with Crippen LogP contribution in [0.15, 0.2) is 18.2 Å². The number of hydrogen-bond donors (Lipinski definition) is 3. The molecular formula is C15H19ClN2O3. The van der Waals surface area contributed by atoms with Gasteiger partial charge >= 0.3 is 12.0 Å². The highest BCUT2D eigenvalue weighted by molar-refractivity contribution is 6.33. The van der Waals surface area contributed by atoms with Crippen molar-refractivity contribution in [2.24, 2.45) is 5.92 Å². The summed E-state index contributed by atoms with van der Waals surface area (Å²) < 4.78 is 0. The van der Waals surface area contributed by atoms with E-state index >= 15 is 0 Å². The second kappa shape index (κ2) is 6.80. The molecule has 0 aromatic heterocycles. The van der Waals surface area contributed by atoms with Crippen LogP contribution >= 0.6 is 11.6 Å². The molecule has 1 aliphatic rings. The lowest BCUT2D eigenvalue weighted by Gasteiger charge is -2.27. The van der Waals surface area contributed by atoms with E-state index < -0.39 is 5.97 Å². The van der Waals surface area contributed by atoms with Gasteiger partial charge in [0.25, 0.3) is 0 Å². The van der Waals surface area contributed by atoms with E-state index in [1.165, 1.54) is 24.6 Å². The van der Waals surface area contributed by atoms with Crippen LogP contribution in [0.3, 0.4) is 0 Å². The van der Waals surface area contributed by atoms with E-state index in [0.29, 0.717) is 16.6 Å². The molecule has 5 nitrogen and oxygen atoms in total. The highest BCUT2D eigenvalue weighted by Gasteiger charge is 2.20. The van der Waals surface area contributed by atoms with Crippen molar-refractivity contribution in [2.45, 2.75) is 38.6 Å². The van der Waals surface area contributed by atoms with Crippen LogP contribution in [0.1, 0.15) is 43.0 Å².